The van der Waals surface area contributed by atoms with Gasteiger partial charge in [-0.05, 0) is 0 Å². The third-order valence-electron chi connectivity index (χ3n) is 1.86. The molecule has 0 saturated heterocycles. The quantitative estimate of drug-likeness (QED) is 0.783. The number of rotatable bonds is 3. The molecule has 0 aliphatic rings. The molecule has 1 atom stereocenters. The van der Waals surface area contributed by atoms with E-state index in [0.29, 0.717) is 12.4 Å². The van der Waals surface area contributed by atoms with Crippen molar-refractivity contribution in [3.05, 3.63) is 23.8 Å². The van der Waals surface area contributed by atoms with Crippen LogP contribution in [-0.4, -0.2) is 23.7 Å². The minimum absolute atomic E-state index is 0.114. The number of methoxy groups -OCH3 is 1. The van der Waals surface area contributed by atoms with Gasteiger partial charge in [0.1, 0.15) is 5.82 Å². The Balaban J connectivity index is 2.81. The summed E-state index contributed by atoms with van der Waals surface area (Å²) in [6.45, 7) is 2.16. The maximum atomic E-state index is 12.2. The zero-order chi connectivity index (χ0) is 11.5. The molecule has 0 radical (unpaired) electrons. The molecule has 15 heavy (non-hydrogen) atoms. The maximum absolute atomic E-state index is 12.2. The molecule has 84 valence electrons. The number of ether oxygens (including phenoxy) is 1. The number of hydrogen-bond acceptors (Lipinski definition) is 3. The first-order valence-corrected chi connectivity index (χ1v) is 4.33. The molecule has 0 fully saturated rings. The lowest BCUT2D eigenvalue weighted by molar-refractivity contribution is -0.138. The van der Waals surface area contributed by atoms with Crippen molar-refractivity contribution >= 4 is 0 Å². The fourth-order valence-corrected chi connectivity index (χ4v) is 1.06. The summed E-state index contributed by atoms with van der Waals surface area (Å²) in [5, 5.41) is 0. The smallest absolute Gasteiger partial charge is 0.384 e. The Morgan fingerprint density at radius 3 is 2.27 bits per heavy atom. The van der Waals surface area contributed by atoms with E-state index in [9.17, 15) is 13.2 Å². The van der Waals surface area contributed by atoms with E-state index >= 15 is 0 Å². The highest BCUT2D eigenvalue weighted by Gasteiger charge is 2.31. The van der Waals surface area contributed by atoms with Gasteiger partial charge in [0, 0.05) is 25.4 Å². The second kappa shape index (κ2) is 4.57. The number of alkyl halides is 3. The molecule has 3 nitrogen and oxygen atoms in total. The van der Waals surface area contributed by atoms with Crippen molar-refractivity contribution in [3.8, 4) is 0 Å². The zero-order valence-electron chi connectivity index (χ0n) is 8.38. The minimum Gasteiger partial charge on any atom is -0.384 e. The van der Waals surface area contributed by atoms with Crippen molar-refractivity contribution in [2.75, 3.05) is 13.7 Å². The van der Waals surface area contributed by atoms with Gasteiger partial charge < -0.3 is 4.74 Å². The van der Waals surface area contributed by atoms with Crippen LogP contribution in [0.3, 0.4) is 0 Å². The van der Waals surface area contributed by atoms with Crippen LogP contribution in [0.1, 0.15) is 24.2 Å². The average molecular weight is 220 g/mol. The van der Waals surface area contributed by atoms with Gasteiger partial charge in [0.15, 0.2) is 0 Å². The summed E-state index contributed by atoms with van der Waals surface area (Å²) in [7, 11) is 1.51. The topological polar surface area (TPSA) is 35.0 Å². The Hall–Kier alpha value is -1.17. The van der Waals surface area contributed by atoms with E-state index in [1.54, 1.807) is 6.92 Å². The molecule has 1 aromatic rings. The van der Waals surface area contributed by atoms with Crippen molar-refractivity contribution in [1.29, 1.82) is 0 Å². The SMILES string of the molecule is COCC(C)c1ncc(C(F)(F)F)cn1. The fraction of sp³-hybridized carbons (Fsp3) is 0.556. The minimum atomic E-state index is -4.39. The average Bonchev–Trinajstić information content (AvgIpc) is 2.17. The van der Waals surface area contributed by atoms with Gasteiger partial charge in [-0.1, -0.05) is 6.92 Å². The first-order valence-electron chi connectivity index (χ1n) is 4.33. The van der Waals surface area contributed by atoms with Gasteiger partial charge in [-0.2, -0.15) is 13.2 Å². The number of nitrogens with zero attached hydrogens (tertiary/aromatic N) is 2. The van der Waals surface area contributed by atoms with Gasteiger partial charge >= 0.3 is 6.18 Å². The van der Waals surface area contributed by atoms with Crippen LogP contribution in [0.25, 0.3) is 0 Å². The normalized spacial score (nSPS) is 13.9. The van der Waals surface area contributed by atoms with E-state index in [-0.39, 0.29) is 5.92 Å². The van der Waals surface area contributed by atoms with Crippen LogP contribution < -0.4 is 0 Å². The van der Waals surface area contributed by atoms with Gasteiger partial charge in [-0.15, -0.1) is 0 Å². The highest BCUT2D eigenvalue weighted by atomic mass is 19.4. The molecule has 0 N–H and O–H groups in total. The van der Waals surface area contributed by atoms with Crippen LogP contribution in [0.4, 0.5) is 13.2 Å². The van der Waals surface area contributed by atoms with E-state index in [4.69, 9.17) is 4.74 Å². The predicted octanol–water partition coefficient (Wildman–Crippen LogP) is 2.25. The first kappa shape index (κ1) is 11.9. The summed E-state index contributed by atoms with van der Waals surface area (Å²) >= 11 is 0. The molecule has 0 saturated carbocycles. The molecular formula is C9H11F3N2O. The Kier molecular flexibility index (Phi) is 3.62. The standard InChI is InChI=1S/C9H11F3N2O/c1-6(5-15-2)8-13-3-7(4-14-8)9(10,11)12/h3-4,6H,5H2,1-2H3. The molecule has 0 amide bonds. The summed E-state index contributed by atoms with van der Waals surface area (Å²) in [4.78, 5) is 7.31. The monoisotopic (exact) mass is 220 g/mol. The van der Waals surface area contributed by atoms with Crippen LogP contribution in [0.5, 0.6) is 0 Å². The lowest BCUT2D eigenvalue weighted by Crippen LogP contribution is -2.11. The van der Waals surface area contributed by atoms with Gasteiger partial charge in [-0.25, -0.2) is 9.97 Å². The van der Waals surface area contributed by atoms with Gasteiger partial charge in [0.05, 0.1) is 12.2 Å². The Labute approximate surface area is 85.3 Å². The van der Waals surface area contributed by atoms with Crippen molar-refractivity contribution in [2.24, 2.45) is 0 Å². The van der Waals surface area contributed by atoms with E-state index < -0.39 is 11.7 Å². The lowest BCUT2D eigenvalue weighted by atomic mass is 10.2. The molecule has 0 bridgehead atoms. The van der Waals surface area contributed by atoms with Crippen molar-refractivity contribution < 1.29 is 17.9 Å². The predicted molar refractivity (Wildman–Crippen MR) is 47.3 cm³/mol. The number of aromatic nitrogens is 2. The maximum Gasteiger partial charge on any atom is 0.419 e. The van der Waals surface area contributed by atoms with Crippen molar-refractivity contribution in [2.45, 2.75) is 19.0 Å². The molecule has 1 aromatic heterocycles. The molecule has 0 aliphatic heterocycles. The summed E-state index contributed by atoms with van der Waals surface area (Å²) in [6.07, 6.45) is -2.81. The van der Waals surface area contributed by atoms with Crippen molar-refractivity contribution in [3.63, 3.8) is 0 Å². The zero-order valence-corrected chi connectivity index (χ0v) is 8.38. The number of halogens is 3. The highest BCUT2D eigenvalue weighted by Crippen LogP contribution is 2.28. The van der Waals surface area contributed by atoms with Gasteiger partial charge in [0.25, 0.3) is 0 Å². The van der Waals surface area contributed by atoms with E-state index in [1.807, 2.05) is 0 Å². The third kappa shape index (κ3) is 3.16. The third-order valence-corrected chi connectivity index (χ3v) is 1.86. The fourth-order valence-electron chi connectivity index (χ4n) is 1.06. The molecule has 0 aromatic carbocycles. The molecule has 1 rings (SSSR count). The lowest BCUT2D eigenvalue weighted by Gasteiger charge is -2.10. The van der Waals surface area contributed by atoms with Crippen LogP contribution in [0.15, 0.2) is 12.4 Å². The number of hydrogen-bond donors (Lipinski definition) is 0. The molecule has 0 aliphatic carbocycles. The van der Waals surface area contributed by atoms with Crippen LogP contribution in [-0.2, 0) is 10.9 Å². The van der Waals surface area contributed by atoms with Gasteiger partial charge in [-0.3, -0.25) is 0 Å². The summed E-state index contributed by atoms with van der Waals surface area (Å²) in [6, 6.07) is 0. The molecular weight excluding hydrogens is 209 g/mol. The van der Waals surface area contributed by atoms with E-state index in [0.717, 1.165) is 12.4 Å². The van der Waals surface area contributed by atoms with Gasteiger partial charge in [0.2, 0.25) is 0 Å². The Morgan fingerprint density at radius 2 is 1.87 bits per heavy atom. The Morgan fingerprint density at radius 1 is 1.33 bits per heavy atom. The summed E-state index contributed by atoms with van der Waals surface area (Å²) < 4.78 is 41.3. The Bertz CT molecular complexity index is 310. The molecule has 1 unspecified atom stereocenters. The van der Waals surface area contributed by atoms with Crippen molar-refractivity contribution in [1.82, 2.24) is 9.97 Å². The van der Waals surface area contributed by atoms with E-state index in [2.05, 4.69) is 9.97 Å². The first-order chi connectivity index (χ1) is 6.95. The van der Waals surface area contributed by atoms with Crippen LogP contribution >= 0.6 is 0 Å². The van der Waals surface area contributed by atoms with E-state index in [1.165, 1.54) is 7.11 Å². The second-order valence-corrected chi connectivity index (χ2v) is 3.18. The molecule has 6 heteroatoms. The van der Waals surface area contributed by atoms with Crippen LogP contribution in [0, 0.1) is 0 Å². The molecule has 1 heterocycles. The van der Waals surface area contributed by atoms with Crippen LogP contribution in [0.2, 0.25) is 0 Å². The summed E-state index contributed by atoms with van der Waals surface area (Å²) in [5.41, 5.74) is -0.837. The summed E-state index contributed by atoms with van der Waals surface area (Å²) in [5.74, 6) is 0.238. The highest BCUT2D eigenvalue weighted by molar-refractivity contribution is 5.10. The largest absolute Gasteiger partial charge is 0.419 e. The second-order valence-electron chi connectivity index (χ2n) is 3.18. The molecule has 0 spiro atoms.